The molecule has 23 heavy (non-hydrogen) atoms. The van der Waals surface area contributed by atoms with Gasteiger partial charge < -0.3 is 9.64 Å². The molecular weight excluding hydrogens is 312 g/mol. The van der Waals surface area contributed by atoms with E-state index in [2.05, 4.69) is 6.92 Å². The third-order valence-corrected chi connectivity index (χ3v) is 5.24. The van der Waals surface area contributed by atoms with Gasteiger partial charge in [0.25, 0.3) is 5.56 Å². The number of nitrogens with zero attached hydrogens (tertiary/aromatic N) is 2. The highest BCUT2D eigenvalue weighted by molar-refractivity contribution is 7.13. The first-order valence-corrected chi connectivity index (χ1v) is 8.90. The van der Waals surface area contributed by atoms with Gasteiger partial charge in [-0.2, -0.15) is 0 Å². The molecule has 1 aromatic carbocycles. The molecule has 0 aliphatic carbocycles. The van der Waals surface area contributed by atoms with E-state index in [-0.39, 0.29) is 18.0 Å². The molecule has 2 aromatic rings. The largest absolute Gasteiger partial charge is 0.381 e. The number of benzene rings is 1. The highest BCUT2D eigenvalue weighted by Crippen LogP contribution is 2.19. The van der Waals surface area contributed by atoms with Crippen molar-refractivity contribution in [1.29, 1.82) is 0 Å². The van der Waals surface area contributed by atoms with Crippen molar-refractivity contribution in [3.63, 3.8) is 0 Å². The molecular formula is C17H22N2O3S. The van der Waals surface area contributed by atoms with Crippen LogP contribution in [0.5, 0.6) is 0 Å². The topological polar surface area (TPSA) is 51.5 Å². The lowest BCUT2D eigenvalue weighted by molar-refractivity contribution is -0.130. The van der Waals surface area contributed by atoms with Crippen molar-refractivity contribution >= 4 is 27.5 Å². The van der Waals surface area contributed by atoms with Crippen molar-refractivity contribution in [3.8, 4) is 0 Å². The van der Waals surface area contributed by atoms with Crippen LogP contribution in [0.15, 0.2) is 29.1 Å². The Hall–Kier alpha value is -1.66. The van der Waals surface area contributed by atoms with Crippen LogP contribution in [0.2, 0.25) is 0 Å². The Bertz CT molecular complexity index is 737. The van der Waals surface area contributed by atoms with Crippen LogP contribution in [0.3, 0.4) is 0 Å². The molecule has 1 aromatic heterocycles. The molecule has 0 spiro atoms. The first-order valence-electron chi connectivity index (χ1n) is 8.13. The number of carbonyl (C=O) groups excluding carboxylic acids is 1. The molecule has 0 radical (unpaired) electrons. The second-order valence-electron chi connectivity index (χ2n) is 6.00. The number of likely N-dealkylation sites (tertiary alicyclic amines) is 1. The Morgan fingerprint density at radius 1 is 1.39 bits per heavy atom. The second kappa shape index (κ2) is 7.27. The Morgan fingerprint density at radius 2 is 2.22 bits per heavy atom. The van der Waals surface area contributed by atoms with Crippen molar-refractivity contribution in [2.45, 2.75) is 26.3 Å². The Kier molecular flexibility index (Phi) is 5.13. The maximum absolute atomic E-state index is 12.5. The van der Waals surface area contributed by atoms with E-state index in [0.29, 0.717) is 11.3 Å². The summed E-state index contributed by atoms with van der Waals surface area (Å²) < 4.78 is 8.07. The Labute approximate surface area is 139 Å². The molecule has 1 unspecified atom stereocenters. The number of amides is 1. The standard InChI is InChI=1S/C17H22N2O3S/c1-2-9-22-12-13-7-8-18(10-13)16(20)11-19-17(21)14-5-3-4-6-15(14)23-19/h3-6,13H,2,7-12H2,1H3. The van der Waals surface area contributed by atoms with Crippen LogP contribution in [0.1, 0.15) is 19.8 Å². The van der Waals surface area contributed by atoms with E-state index in [9.17, 15) is 9.59 Å². The van der Waals surface area contributed by atoms with Crippen LogP contribution in [0.25, 0.3) is 10.1 Å². The molecule has 3 rings (SSSR count). The molecule has 124 valence electrons. The van der Waals surface area contributed by atoms with Gasteiger partial charge in [0.1, 0.15) is 6.54 Å². The van der Waals surface area contributed by atoms with Crippen molar-refractivity contribution in [2.24, 2.45) is 5.92 Å². The van der Waals surface area contributed by atoms with E-state index in [1.807, 2.05) is 29.2 Å². The maximum Gasteiger partial charge on any atom is 0.268 e. The summed E-state index contributed by atoms with van der Waals surface area (Å²) in [6.45, 7) is 5.23. The smallest absolute Gasteiger partial charge is 0.268 e. The summed E-state index contributed by atoms with van der Waals surface area (Å²) in [4.78, 5) is 26.6. The molecule has 0 N–H and O–H groups in total. The molecule has 1 fully saturated rings. The number of rotatable bonds is 6. The summed E-state index contributed by atoms with van der Waals surface area (Å²) in [6, 6.07) is 7.49. The molecule has 1 saturated heterocycles. The van der Waals surface area contributed by atoms with Gasteiger partial charge in [-0.1, -0.05) is 30.6 Å². The summed E-state index contributed by atoms with van der Waals surface area (Å²) >= 11 is 1.36. The monoisotopic (exact) mass is 334 g/mol. The fraction of sp³-hybridized carbons (Fsp3) is 0.529. The van der Waals surface area contributed by atoms with Gasteiger partial charge >= 0.3 is 0 Å². The van der Waals surface area contributed by atoms with Gasteiger partial charge in [0, 0.05) is 25.6 Å². The van der Waals surface area contributed by atoms with Crippen LogP contribution >= 0.6 is 11.5 Å². The minimum absolute atomic E-state index is 0.0247. The van der Waals surface area contributed by atoms with Gasteiger partial charge in [0.15, 0.2) is 0 Å². The number of hydrogen-bond acceptors (Lipinski definition) is 4. The summed E-state index contributed by atoms with van der Waals surface area (Å²) in [5.41, 5.74) is -0.0685. The zero-order valence-corrected chi connectivity index (χ0v) is 14.2. The maximum atomic E-state index is 12.5. The third kappa shape index (κ3) is 3.64. The summed E-state index contributed by atoms with van der Waals surface area (Å²) in [7, 11) is 0. The van der Waals surface area contributed by atoms with E-state index in [1.54, 1.807) is 3.96 Å². The number of ether oxygens (including phenoxy) is 1. The number of carbonyl (C=O) groups is 1. The van der Waals surface area contributed by atoms with E-state index < -0.39 is 0 Å². The van der Waals surface area contributed by atoms with Crippen LogP contribution in [0.4, 0.5) is 0 Å². The molecule has 5 nitrogen and oxygen atoms in total. The normalized spacial score (nSPS) is 18.0. The summed E-state index contributed by atoms with van der Waals surface area (Å²) in [6.07, 6.45) is 2.00. The quantitative estimate of drug-likeness (QED) is 0.762. The van der Waals surface area contributed by atoms with Crippen molar-refractivity contribution in [1.82, 2.24) is 8.86 Å². The average molecular weight is 334 g/mol. The number of aromatic nitrogens is 1. The van der Waals surface area contributed by atoms with Crippen molar-refractivity contribution in [2.75, 3.05) is 26.3 Å². The first kappa shape index (κ1) is 16.2. The van der Waals surface area contributed by atoms with Crippen molar-refractivity contribution in [3.05, 3.63) is 34.6 Å². The molecule has 2 heterocycles. The second-order valence-corrected chi connectivity index (χ2v) is 7.06. The fourth-order valence-corrected chi connectivity index (χ4v) is 3.92. The molecule has 1 aliphatic heterocycles. The van der Waals surface area contributed by atoms with Crippen LogP contribution in [-0.2, 0) is 16.1 Å². The number of fused-ring (bicyclic) bond motifs is 1. The summed E-state index contributed by atoms with van der Waals surface area (Å²) in [5.74, 6) is 0.446. The predicted molar refractivity (Wildman–Crippen MR) is 91.9 cm³/mol. The van der Waals surface area contributed by atoms with E-state index in [1.165, 1.54) is 11.5 Å². The zero-order valence-electron chi connectivity index (χ0n) is 13.4. The molecule has 0 saturated carbocycles. The SMILES string of the molecule is CCCOCC1CCN(C(=O)Cn2sc3ccccc3c2=O)C1. The first-order chi connectivity index (χ1) is 11.2. The Morgan fingerprint density at radius 3 is 3.00 bits per heavy atom. The molecule has 1 atom stereocenters. The highest BCUT2D eigenvalue weighted by Gasteiger charge is 2.26. The molecule has 0 bridgehead atoms. The highest BCUT2D eigenvalue weighted by atomic mass is 32.1. The fourth-order valence-electron chi connectivity index (χ4n) is 2.93. The summed E-state index contributed by atoms with van der Waals surface area (Å²) in [5, 5.41) is 0.692. The Balaban J connectivity index is 1.61. The predicted octanol–water partition coefficient (Wildman–Crippen LogP) is 2.34. The van der Waals surface area contributed by atoms with Crippen LogP contribution in [0, 0.1) is 5.92 Å². The van der Waals surface area contributed by atoms with E-state index in [4.69, 9.17) is 4.74 Å². The lowest BCUT2D eigenvalue weighted by Gasteiger charge is -2.16. The van der Waals surface area contributed by atoms with Gasteiger partial charge in [0.2, 0.25) is 5.91 Å². The van der Waals surface area contributed by atoms with Gasteiger partial charge in [0.05, 0.1) is 16.7 Å². The van der Waals surface area contributed by atoms with Gasteiger partial charge in [-0.15, -0.1) is 0 Å². The number of hydrogen-bond donors (Lipinski definition) is 0. The third-order valence-electron chi connectivity index (χ3n) is 4.17. The van der Waals surface area contributed by atoms with Gasteiger partial charge in [-0.25, -0.2) is 0 Å². The zero-order chi connectivity index (χ0) is 16.2. The van der Waals surface area contributed by atoms with Gasteiger partial charge in [-0.05, 0) is 25.0 Å². The lowest BCUT2D eigenvalue weighted by Crippen LogP contribution is -2.34. The van der Waals surface area contributed by atoms with Gasteiger partial charge in [-0.3, -0.25) is 13.5 Å². The minimum atomic E-state index is -0.0685. The van der Waals surface area contributed by atoms with E-state index in [0.717, 1.165) is 43.8 Å². The molecule has 1 amide bonds. The molecule has 1 aliphatic rings. The minimum Gasteiger partial charge on any atom is -0.381 e. The average Bonchev–Trinajstić information content (AvgIpc) is 3.14. The van der Waals surface area contributed by atoms with Crippen LogP contribution in [-0.4, -0.2) is 41.1 Å². The van der Waals surface area contributed by atoms with Crippen molar-refractivity contribution < 1.29 is 9.53 Å². The van der Waals surface area contributed by atoms with Crippen LogP contribution < -0.4 is 5.56 Å². The lowest BCUT2D eigenvalue weighted by atomic mass is 10.1. The van der Waals surface area contributed by atoms with E-state index >= 15 is 0 Å². The molecule has 6 heteroatoms.